The quantitative estimate of drug-likeness (QED) is 0.582. The van der Waals surface area contributed by atoms with Crippen molar-refractivity contribution < 1.29 is 14.3 Å². The zero-order valence-electron chi connectivity index (χ0n) is 21.8. The highest BCUT2D eigenvalue weighted by molar-refractivity contribution is 5.69. The highest BCUT2D eigenvalue weighted by Crippen LogP contribution is 2.57. The van der Waals surface area contributed by atoms with E-state index in [0.717, 1.165) is 36.4 Å². The fourth-order valence-corrected chi connectivity index (χ4v) is 6.14. The normalized spacial score (nSPS) is 29.4. The predicted octanol–water partition coefficient (Wildman–Crippen LogP) is 4.49. The number of benzene rings is 1. The van der Waals surface area contributed by atoms with Crippen molar-refractivity contribution in [1.82, 2.24) is 19.9 Å². The van der Waals surface area contributed by atoms with Crippen molar-refractivity contribution in [2.24, 2.45) is 0 Å². The van der Waals surface area contributed by atoms with Gasteiger partial charge in [0.05, 0.1) is 24.0 Å². The topological polar surface area (TPSA) is 81.0 Å². The number of pyridine rings is 1. The molecular weight excluding hydrogens is 454 g/mol. The van der Waals surface area contributed by atoms with E-state index < -0.39 is 22.8 Å². The summed E-state index contributed by atoms with van der Waals surface area (Å²) in [5, 5.41) is 7.90. The Labute approximate surface area is 212 Å². The molecule has 5 heterocycles. The van der Waals surface area contributed by atoms with Gasteiger partial charge in [-0.1, -0.05) is 37.3 Å². The molecule has 1 amide bonds. The number of nitrogens with zero attached hydrogens (tertiary/aromatic N) is 4. The molecule has 190 valence electrons. The Morgan fingerprint density at radius 2 is 1.94 bits per heavy atom. The Morgan fingerprint density at radius 3 is 2.67 bits per heavy atom. The lowest BCUT2D eigenvalue weighted by molar-refractivity contribution is -0.0208. The summed E-state index contributed by atoms with van der Waals surface area (Å²) in [5.41, 5.74) is 3.13. The van der Waals surface area contributed by atoms with E-state index in [9.17, 15) is 4.79 Å². The molecule has 2 aromatic heterocycles. The summed E-state index contributed by atoms with van der Waals surface area (Å²) in [4.78, 5) is 19.7. The van der Waals surface area contributed by atoms with E-state index >= 15 is 0 Å². The average molecular weight is 490 g/mol. The van der Waals surface area contributed by atoms with Gasteiger partial charge in [0.25, 0.3) is 0 Å². The molecule has 1 aliphatic carbocycles. The van der Waals surface area contributed by atoms with E-state index in [1.54, 1.807) is 0 Å². The molecule has 7 rings (SSSR count). The fourth-order valence-electron chi connectivity index (χ4n) is 6.14. The maximum atomic E-state index is 12.3. The molecule has 4 fully saturated rings. The van der Waals surface area contributed by atoms with Gasteiger partial charge >= 0.3 is 6.09 Å². The van der Waals surface area contributed by atoms with E-state index in [0.29, 0.717) is 25.3 Å². The number of carbonyl (C=O) groups excluding carboxylic acids is 1. The predicted molar refractivity (Wildman–Crippen MR) is 137 cm³/mol. The minimum Gasteiger partial charge on any atom is -0.444 e. The molecule has 1 N–H and O–H groups in total. The smallest absolute Gasteiger partial charge is 0.408 e. The third-order valence-electron chi connectivity index (χ3n) is 7.96. The Hall–Kier alpha value is -3.13. The first kappa shape index (κ1) is 23.3. The Balaban J connectivity index is 1.21. The van der Waals surface area contributed by atoms with Crippen molar-refractivity contribution in [3.05, 3.63) is 59.5 Å². The first-order chi connectivity index (χ1) is 17.0. The van der Waals surface area contributed by atoms with Crippen LogP contribution in [0.1, 0.15) is 63.9 Å². The number of hydrogen-bond donors (Lipinski definition) is 1. The summed E-state index contributed by atoms with van der Waals surface area (Å²) in [6, 6.07) is 13.0. The lowest BCUT2D eigenvalue weighted by atomic mass is 9.68. The van der Waals surface area contributed by atoms with Gasteiger partial charge in [0.15, 0.2) is 11.5 Å². The molecule has 36 heavy (non-hydrogen) atoms. The van der Waals surface area contributed by atoms with E-state index in [4.69, 9.17) is 19.6 Å². The molecule has 1 atom stereocenters. The molecule has 1 aromatic carbocycles. The number of amides is 1. The zero-order valence-corrected chi connectivity index (χ0v) is 21.8. The van der Waals surface area contributed by atoms with Gasteiger partial charge in [-0.15, -0.1) is 5.10 Å². The second kappa shape index (κ2) is 7.68. The first-order valence-electron chi connectivity index (χ1n) is 12.8. The highest BCUT2D eigenvalue weighted by atomic mass is 16.6. The molecular formula is C28H35N5O3. The first-order valence-corrected chi connectivity index (χ1v) is 12.8. The molecule has 3 saturated heterocycles. The number of rotatable bonds is 4. The van der Waals surface area contributed by atoms with Crippen molar-refractivity contribution in [2.45, 2.75) is 76.0 Å². The van der Waals surface area contributed by atoms with Crippen molar-refractivity contribution in [3.63, 3.8) is 0 Å². The van der Waals surface area contributed by atoms with Crippen molar-refractivity contribution >= 4 is 17.4 Å². The largest absolute Gasteiger partial charge is 0.444 e. The molecule has 8 nitrogen and oxygen atoms in total. The monoisotopic (exact) mass is 489 g/mol. The molecule has 1 saturated carbocycles. The summed E-state index contributed by atoms with van der Waals surface area (Å²) in [6.07, 6.45) is 4.11. The fraction of sp³-hybridized carbons (Fsp3) is 0.536. The van der Waals surface area contributed by atoms with Crippen LogP contribution in [0.25, 0.3) is 5.65 Å². The number of alkyl carbamates (subject to hydrolysis) is 1. The number of ether oxygens (including phenoxy) is 2. The van der Waals surface area contributed by atoms with Crippen LogP contribution in [0.4, 0.5) is 10.5 Å². The van der Waals surface area contributed by atoms with Gasteiger partial charge in [-0.25, -0.2) is 14.3 Å². The van der Waals surface area contributed by atoms with Gasteiger partial charge in [-0.05, 0) is 51.3 Å². The van der Waals surface area contributed by atoms with Crippen LogP contribution in [0.5, 0.6) is 0 Å². The summed E-state index contributed by atoms with van der Waals surface area (Å²) in [5.74, 6) is 0.692. The van der Waals surface area contributed by atoms with Gasteiger partial charge in [0.2, 0.25) is 0 Å². The van der Waals surface area contributed by atoms with E-state index in [1.165, 1.54) is 5.56 Å². The molecule has 8 heteroatoms. The van der Waals surface area contributed by atoms with E-state index in [-0.39, 0.29) is 5.41 Å². The van der Waals surface area contributed by atoms with Crippen LogP contribution >= 0.6 is 0 Å². The lowest BCUT2D eigenvalue weighted by Gasteiger charge is -2.43. The number of anilines is 1. The standard InChI is InChI=1S/C28H35N5O3/c1-19-13-21(32-12-11-26(5,17-32)20-9-7-6-8-10-20)14-33-22(19)29-23(31-33)28-15-27(16-28,18-35-28)30-24(34)36-25(2,3)4/h6-10,13-14H,11-12,15-18H2,1-5H3,(H,30,34)/t26-,27?,28?/m0/s1. The Bertz CT molecular complexity index is 1320. The molecule has 0 unspecified atom stereocenters. The van der Waals surface area contributed by atoms with Crippen LogP contribution in [0, 0.1) is 6.92 Å². The minimum atomic E-state index is -0.548. The second-order valence-corrected chi connectivity index (χ2v) is 12.2. The van der Waals surface area contributed by atoms with Crippen LogP contribution in [0.15, 0.2) is 42.6 Å². The van der Waals surface area contributed by atoms with Crippen molar-refractivity contribution in [1.29, 1.82) is 0 Å². The minimum absolute atomic E-state index is 0.130. The lowest BCUT2D eigenvalue weighted by Crippen LogP contribution is -2.59. The van der Waals surface area contributed by atoms with Gasteiger partial charge in [-0.3, -0.25) is 0 Å². The summed E-state index contributed by atoms with van der Waals surface area (Å²) < 4.78 is 13.5. The highest BCUT2D eigenvalue weighted by Gasteiger charge is 2.66. The van der Waals surface area contributed by atoms with Crippen LogP contribution in [-0.2, 0) is 20.5 Å². The Morgan fingerprint density at radius 1 is 1.19 bits per heavy atom. The molecule has 0 radical (unpaired) electrons. The average Bonchev–Trinajstić information content (AvgIpc) is 3.54. The SMILES string of the molecule is Cc1cc(N2CC[C@](C)(c3ccccc3)C2)cn2nc(C34CC(NC(=O)OC(C)(C)C)(CO3)C4)nc12. The van der Waals surface area contributed by atoms with E-state index in [2.05, 4.69) is 66.7 Å². The van der Waals surface area contributed by atoms with Crippen LogP contribution in [0.3, 0.4) is 0 Å². The number of carbonyl (C=O) groups is 1. The molecule has 0 spiro atoms. The summed E-state index contributed by atoms with van der Waals surface area (Å²) >= 11 is 0. The maximum Gasteiger partial charge on any atom is 0.408 e. The second-order valence-electron chi connectivity index (χ2n) is 12.2. The van der Waals surface area contributed by atoms with Gasteiger partial charge < -0.3 is 19.7 Å². The molecule has 3 aromatic rings. The van der Waals surface area contributed by atoms with Gasteiger partial charge in [-0.2, -0.15) is 0 Å². The third-order valence-corrected chi connectivity index (χ3v) is 7.96. The number of fused-ring (bicyclic) bond motifs is 2. The van der Waals surface area contributed by atoms with Gasteiger partial charge in [0.1, 0.15) is 11.2 Å². The zero-order chi connectivity index (χ0) is 25.3. The number of hydrogen-bond acceptors (Lipinski definition) is 6. The summed E-state index contributed by atoms with van der Waals surface area (Å²) in [6.45, 7) is 12.4. The molecule has 3 aliphatic heterocycles. The summed E-state index contributed by atoms with van der Waals surface area (Å²) in [7, 11) is 0. The third kappa shape index (κ3) is 3.82. The van der Waals surface area contributed by atoms with Gasteiger partial charge in [0, 0.05) is 31.3 Å². The number of aryl methyl sites for hydroxylation is 1. The number of nitrogens with one attached hydrogen (secondary N) is 1. The van der Waals surface area contributed by atoms with Crippen LogP contribution in [-0.4, -0.2) is 51.5 Å². The van der Waals surface area contributed by atoms with Crippen molar-refractivity contribution in [3.8, 4) is 0 Å². The van der Waals surface area contributed by atoms with Crippen molar-refractivity contribution in [2.75, 3.05) is 24.6 Å². The Kier molecular flexibility index (Phi) is 4.97. The van der Waals surface area contributed by atoms with Crippen LogP contribution in [0.2, 0.25) is 0 Å². The molecule has 4 aliphatic rings. The van der Waals surface area contributed by atoms with Crippen LogP contribution < -0.4 is 10.2 Å². The molecule has 2 bridgehead atoms. The maximum absolute atomic E-state index is 12.3. The van der Waals surface area contributed by atoms with E-state index in [1.807, 2.05) is 25.3 Å². The number of aromatic nitrogens is 3.